The fraction of sp³-hybridized carbons (Fsp3) is 0.536. The SMILES string of the molecule is [2H]c1c(C)c([N+]#[C-])c(C)c2c1[C@@](c1ccc(F)c(C)c1C)(C([2H])([2H])C([2H])(C)C([2H])([2H])N(C)C(C)C)OC2C. The van der Waals surface area contributed by atoms with Crippen LogP contribution in [0.1, 0.15) is 87.3 Å². The Bertz CT molecular complexity index is 1330. The number of fused-ring (bicyclic) bond motifs is 1. The molecule has 0 radical (unpaired) electrons. The molecule has 0 spiro atoms. The van der Waals surface area contributed by atoms with Crippen molar-refractivity contribution in [3.8, 4) is 0 Å². The Morgan fingerprint density at radius 1 is 1.22 bits per heavy atom. The molecule has 0 aliphatic carbocycles. The number of benzene rings is 2. The van der Waals surface area contributed by atoms with Gasteiger partial charge in [-0.2, -0.15) is 0 Å². The van der Waals surface area contributed by atoms with E-state index in [4.69, 9.17) is 15.4 Å². The van der Waals surface area contributed by atoms with E-state index < -0.39 is 36.3 Å². The van der Waals surface area contributed by atoms with Crippen molar-refractivity contribution >= 4 is 5.69 Å². The summed E-state index contributed by atoms with van der Waals surface area (Å²) < 4.78 is 76.9. The van der Waals surface area contributed by atoms with Crippen LogP contribution in [0.25, 0.3) is 4.85 Å². The number of ether oxygens (including phenoxy) is 1. The average molecular weight is 443 g/mol. The molecule has 3 atom stereocenters. The summed E-state index contributed by atoms with van der Waals surface area (Å²) in [5.41, 5.74) is 0.587. The van der Waals surface area contributed by atoms with Crippen molar-refractivity contribution in [2.24, 2.45) is 5.89 Å². The first kappa shape index (κ1) is 17.3. The van der Waals surface area contributed by atoms with Crippen LogP contribution in [0.4, 0.5) is 10.1 Å². The molecule has 1 aliphatic heterocycles. The predicted octanol–water partition coefficient (Wildman–Crippen LogP) is 7.31. The van der Waals surface area contributed by atoms with Crippen molar-refractivity contribution in [2.75, 3.05) is 13.5 Å². The number of hydrogen-bond donors (Lipinski definition) is 0. The van der Waals surface area contributed by atoms with Gasteiger partial charge in [-0.15, -0.1) is 0 Å². The molecule has 3 nitrogen and oxygen atoms in total. The Morgan fingerprint density at radius 2 is 1.88 bits per heavy atom. The molecule has 0 saturated carbocycles. The molecule has 0 fully saturated rings. The van der Waals surface area contributed by atoms with E-state index >= 15 is 0 Å². The second-order valence-electron chi connectivity index (χ2n) is 8.98. The maximum atomic E-state index is 14.7. The van der Waals surface area contributed by atoms with Gasteiger partial charge in [0.25, 0.3) is 0 Å². The van der Waals surface area contributed by atoms with Crippen LogP contribution in [0.5, 0.6) is 0 Å². The lowest BCUT2D eigenvalue weighted by Gasteiger charge is -2.37. The lowest BCUT2D eigenvalue weighted by molar-refractivity contribution is -0.0568. The summed E-state index contributed by atoms with van der Waals surface area (Å²) >= 11 is 0. The first-order valence-electron chi connectivity index (χ1n) is 13.9. The highest BCUT2D eigenvalue weighted by Crippen LogP contribution is 2.54. The van der Waals surface area contributed by atoms with E-state index in [0.717, 1.165) is 0 Å². The number of halogens is 1. The second-order valence-corrected chi connectivity index (χ2v) is 8.98. The van der Waals surface area contributed by atoms with Crippen LogP contribution in [-0.4, -0.2) is 24.5 Å². The molecule has 0 aromatic heterocycles. The van der Waals surface area contributed by atoms with E-state index in [1.165, 1.54) is 31.0 Å². The third-order valence-electron chi connectivity index (χ3n) is 6.50. The van der Waals surface area contributed by atoms with E-state index in [9.17, 15) is 8.50 Å². The van der Waals surface area contributed by atoms with Crippen molar-refractivity contribution in [3.63, 3.8) is 0 Å². The summed E-state index contributed by atoms with van der Waals surface area (Å²) in [6.07, 6.45) is -3.57. The van der Waals surface area contributed by atoms with Gasteiger partial charge in [0.2, 0.25) is 0 Å². The van der Waals surface area contributed by atoms with E-state index in [0.29, 0.717) is 22.3 Å². The Balaban J connectivity index is 2.60. The summed E-state index contributed by atoms with van der Waals surface area (Å²) in [4.78, 5) is 4.94. The lowest BCUT2D eigenvalue weighted by atomic mass is 9.75. The highest BCUT2D eigenvalue weighted by atomic mass is 19.1. The maximum Gasteiger partial charge on any atom is 0.193 e. The van der Waals surface area contributed by atoms with Gasteiger partial charge in [0, 0.05) is 19.4 Å². The topological polar surface area (TPSA) is 16.8 Å². The molecule has 0 saturated heterocycles. The first-order valence-corrected chi connectivity index (χ1v) is 10.9. The summed E-state index contributed by atoms with van der Waals surface area (Å²) in [5, 5.41) is 0. The van der Waals surface area contributed by atoms with Gasteiger partial charge in [-0.1, -0.05) is 19.0 Å². The highest BCUT2D eigenvalue weighted by molar-refractivity contribution is 5.66. The van der Waals surface area contributed by atoms with Crippen LogP contribution in [0.15, 0.2) is 18.2 Å². The minimum absolute atomic E-state index is 0.0974. The molecule has 0 N–H and O–H groups in total. The lowest BCUT2D eigenvalue weighted by Crippen LogP contribution is -2.36. The third-order valence-corrected chi connectivity index (χ3v) is 6.50. The van der Waals surface area contributed by atoms with Gasteiger partial charge in [-0.25, -0.2) is 9.24 Å². The second kappa shape index (κ2) is 8.96. The normalized spacial score (nSPS) is 25.8. The summed E-state index contributed by atoms with van der Waals surface area (Å²) in [5.74, 6) is -2.94. The van der Waals surface area contributed by atoms with Crippen LogP contribution >= 0.6 is 0 Å². The van der Waals surface area contributed by atoms with Gasteiger partial charge in [-0.3, -0.25) is 0 Å². The van der Waals surface area contributed by atoms with Crippen molar-refractivity contribution in [3.05, 3.63) is 74.4 Å². The molecule has 2 unspecified atom stereocenters. The zero-order chi connectivity index (χ0) is 29.3. The fourth-order valence-electron chi connectivity index (χ4n) is 4.46. The standard InChI is InChI=1S/C28H37FN2O/c1-16(2)31(10)15-17(3)14-28(23-11-12-25(29)20(6)19(23)5)24-13-18(4)27(30-9)21(7)26(24)22(8)32-28/h11-13,16-17,22H,14-15H2,1-8,10H3/t17?,22?,28-/m0/s1/i13D,14D2,15D2,17D. The third kappa shape index (κ3) is 3.98. The molecule has 1 aliphatic rings. The van der Waals surface area contributed by atoms with E-state index in [1.807, 2.05) is 0 Å². The van der Waals surface area contributed by atoms with E-state index in [-0.39, 0.29) is 34.5 Å². The molecule has 0 bridgehead atoms. The van der Waals surface area contributed by atoms with Crippen molar-refractivity contribution in [2.45, 2.75) is 79.5 Å². The molecular formula is C28H37FN2O. The number of rotatable bonds is 6. The molecule has 4 heteroatoms. The molecule has 3 rings (SSSR count). The van der Waals surface area contributed by atoms with Gasteiger partial charge < -0.3 is 9.64 Å². The molecule has 0 amide bonds. The van der Waals surface area contributed by atoms with Gasteiger partial charge in [0.1, 0.15) is 11.4 Å². The smallest absolute Gasteiger partial charge is 0.193 e. The Labute approximate surface area is 201 Å². The summed E-state index contributed by atoms with van der Waals surface area (Å²) in [6, 6.07) is 2.19. The van der Waals surface area contributed by atoms with Crippen molar-refractivity contribution in [1.29, 1.82) is 0 Å². The maximum absolute atomic E-state index is 14.7. The average Bonchev–Trinajstić information content (AvgIpc) is 3.15. The fourth-order valence-corrected chi connectivity index (χ4v) is 4.46. The van der Waals surface area contributed by atoms with Crippen LogP contribution in [0.2, 0.25) is 0 Å². The molecule has 1 heterocycles. The summed E-state index contributed by atoms with van der Waals surface area (Å²) in [6.45, 7) is 18.2. The van der Waals surface area contributed by atoms with Crippen LogP contribution < -0.4 is 0 Å². The van der Waals surface area contributed by atoms with Gasteiger partial charge in [0.15, 0.2) is 5.69 Å². The first-order chi connectivity index (χ1) is 17.2. The van der Waals surface area contributed by atoms with Gasteiger partial charge in [-0.05, 0) is 113 Å². The van der Waals surface area contributed by atoms with Crippen LogP contribution in [0, 0.1) is 46.0 Å². The Morgan fingerprint density at radius 3 is 2.47 bits per heavy atom. The molecule has 172 valence electrons. The molecule has 2 aromatic rings. The quantitative estimate of drug-likeness (QED) is 0.436. The number of hydrogen-bond acceptors (Lipinski definition) is 2. The minimum Gasteiger partial charge on any atom is -0.358 e. The zero-order valence-electron chi connectivity index (χ0n) is 26.5. The van der Waals surface area contributed by atoms with Crippen molar-refractivity contribution in [1.82, 2.24) is 4.90 Å². The minimum atomic E-state index is -2.80. The van der Waals surface area contributed by atoms with Gasteiger partial charge in [0.05, 0.1) is 14.0 Å². The molecule has 32 heavy (non-hydrogen) atoms. The Kier molecular flexibility index (Phi) is 4.84. The highest BCUT2D eigenvalue weighted by Gasteiger charge is 2.48. The number of nitrogens with zero attached hydrogens (tertiary/aromatic N) is 2. The van der Waals surface area contributed by atoms with Crippen LogP contribution in [-0.2, 0) is 10.3 Å². The van der Waals surface area contributed by atoms with Gasteiger partial charge >= 0.3 is 0 Å². The Hall–Kier alpha value is -2.22. The predicted molar refractivity (Wildman–Crippen MR) is 130 cm³/mol. The molecular weight excluding hydrogens is 399 g/mol. The largest absolute Gasteiger partial charge is 0.358 e. The molecule has 2 aromatic carbocycles. The van der Waals surface area contributed by atoms with E-state index in [2.05, 4.69) is 4.85 Å². The summed E-state index contributed by atoms with van der Waals surface area (Å²) in [7, 11) is 1.51. The van der Waals surface area contributed by atoms with Crippen LogP contribution in [0.3, 0.4) is 0 Å². The zero-order valence-corrected chi connectivity index (χ0v) is 20.5. The monoisotopic (exact) mass is 442 g/mol. The van der Waals surface area contributed by atoms with E-state index in [1.54, 1.807) is 48.5 Å². The van der Waals surface area contributed by atoms with Crippen molar-refractivity contribution < 1.29 is 17.4 Å².